The Labute approximate surface area is 167 Å². The molecular weight excluding hydrogens is 354 g/mol. The summed E-state index contributed by atoms with van der Waals surface area (Å²) in [4.78, 5) is 12.7. The second-order valence-electron chi connectivity index (χ2n) is 9.53. The van der Waals surface area contributed by atoms with Crippen molar-refractivity contribution in [2.45, 2.75) is 63.9 Å². The van der Waals surface area contributed by atoms with Gasteiger partial charge in [-0.15, -0.1) is 0 Å². The number of methoxy groups -OCH3 is 1. The Hall–Kier alpha value is -1.59. The van der Waals surface area contributed by atoms with Crippen molar-refractivity contribution in [2.24, 2.45) is 23.2 Å². The maximum Gasteiger partial charge on any atom is 0.311 e. The molecule has 2 heterocycles. The van der Waals surface area contributed by atoms with Crippen molar-refractivity contribution in [2.75, 3.05) is 13.7 Å². The van der Waals surface area contributed by atoms with Gasteiger partial charge >= 0.3 is 5.97 Å². The van der Waals surface area contributed by atoms with Crippen LogP contribution in [0.15, 0.2) is 24.3 Å². The summed E-state index contributed by atoms with van der Waals surface area (Å²) in [6.45, 7) is 6.08. The number of benzene rings is 1. The van der Waals surface area contributed by atoms with Gasteiger partial charge in [0.2, 0.25) is 0 Å². The van der Waals surface area contributed by atoms with E-state index in [4.69, 9.17) is 14.2 Å². The van der Waals surface area contributed by atoms with Crippen LogP contribution in [0.25, 0.3) is 0 Å². The Morgan fingerprint density at radius 2 is 2.07 bits per heavy atom. The molecule has 1 N–H and O–H groups in total. The molecule has 5 rings (SSSR count). The van der Waals surface area contributed by atoms with E-state index in [0.29, 0.717) is 12.5 Å². The highest BCUT2D eigenvalue weighted by Gasteiger charge is 2.78. The molecule has 0 bridgehead atoms. The molecule has 1 unspecified atom stereocenters. The van der Waals surface area contributed by atoms with Gasteiger partial charge in [0.1, 0.15) is 17.5 Å². The molecule has 1 spiro atoms. The molecule has 1 aromatic rings. The molecule has 2 aliphatic carbocycles. The van der Waals surface area contributed by atoms with Crippen LogP contribution in [0.5, 0.6) is 5.75 Å². The highest BCUT2D eigenvalue weighted by Crippen LogP contribution is 2.70. The van der Waals surface area contributed by atoms with Crippen LogP contribution in [0.3, 0.4) is 0 Å². The van der Waals surface area contributed by atoms with Crippen LogP contribution in [-0.2, 0) is 20.8 Å². The summed E-state index contributed by atoms with van der Waals surface area (Å²) >= 11 is 0. The summed E-state index contributed by atoms with van der Waals surface area (Å²) in [5, 5.41) is 3.48. The molecule has 0 amide bonds. The van der Waals surface area contributed by atoms with Gasteiger partial charge in [0.25, 0.3) is 0 Å². The first-order chi connectivity index (χ1) is 13.5. The second kappa shape index (κ2) is 6.46. The second-order valence-corrected chi connectivity index (χ2v) is 9.53. The van der Waals surface area contributed by atoms with Gasteiger partial charge in [-0.25, -0.2) is 0 Å². The molecule has 7 atom stereocenters. The summed E-state index contributed by atoms with van der Waals surface area (Å²) < 4.78 is 17.6. The molecule has 5 heteroatoms. The first-order valence-corrected chi connectivity index (χ1v) is 10.7. The fourth-order valence-corrected chi connectivity index (χ4v) is 6.58. The quantitative estimate of drug-likeness (QED) is 0.622. The van der Waals surface area contributed by atoms with E-state index >= 15 is 0 Å². The van der Waals surface area contributed by atoms with E-state index in [1.165, 1.54) is 24.8 Å². The molecule has 5 nitrogen and oxygen atoms in total. The zero-order valence-electron chi connectivity index (χ0n) is 17.1. The van der Waals surface area contributed by atoms with Crippen molar-refractivity contribution in [1.82, 2.24) is 5.32 Å². The zero-order valence-corrected chi connectivity index (χ0v) is 17.1. The number of carbonyl (C=O) groups excluding carboxylic acids is 1. The molecule has 2 saturated carbocycles. The highest BCUT2D eigenvalue weighted by molar-refractivity contribution is 5.76. The van der Waals surface area contributed by atoms with Crippen molar-refractivity contribution in [1.29, 1.82) is 0 Å². The molecule has 2 saturated heterocycles. The van der Waals surface area contributed by atoms with Gasteiger partial charge in [0.15, 0.2) is 0 Å². The largest absolute Gasteiger partial charge is 0.497 e. The average molecular weight is 386 g/mol. The number of epoxide rings is 1. The van der Waals surface area contributed by atoms with Gasteiger partial charge in [-0.2, -0.15) is 0 Å². The normalized spacial score (nSPS) is 43.5. The summed E-state index contributed by atoms with van der Waals surface area (Å²) in [5.41, 5.74) is 1.32. The summed E-state index contributed by atoms with van der Waals surface area (Å²) in [5.74, 6) is 1.48. The van der Waals surface area contributed by atoms with Gasteiger partial charge in [0.05, 0.1) is 19.1 Å². The summed E-state index contributed by atoms with van der Waals surface area (Å²) in [6, 6.07) is 8.03. The Balaban J connectivity index is 1.27. The fourth-order valence-electron chi connectivity index (χ4n) is 6.58. The van der Waals surface area contributed by atoms with E-state index < -0.39 is 0 Å². The maximum absolute atomic E-state index is 12.7. The lowest BCUT2D eigenvalue weighted by Gasteiger charge is -2.48. The topological polar surface area (TPSA) is 60.1 Å². The molecular formula is C23H31NO4. The number of ether oxygens (including phenoxy) is 3. The number of esters is 1. The predicted molar refractivity (Wildman–Crippen MR) is 105 cm³/mol. The van der Waals surface area contributed by atoms with Gasteiger partial charge in [-0.1, -0.05) is 32.4 Å². The number of nitrogens with one attached hydrogen (secondary N) is 1. The average Bonchev–Trinajstić information content (AvgIpc) is 3.36. The molecule has 28 heavy (non-hydrogen) atoms. The van der Waals surface area contributed by atoms with Crippen LogP contribution in [-0.4, -0.2) is 37.4 Å². The van der Waals surface area contributed by atoms with E-state index in [1.54, 1.807) is 7.11 Å². The number of hydrogen-bond donors (Lipinski definition) is 1. The van der Waals surface area contributed by atoms with Crippen molar-refractivity contribution in [3.05, 3.63) is 29.8 Å². The summed E-state index contributed by atoms with van der Waals surface area (Å²) in [6.07, 6.45) is 4.85. The first kappa shape index (κ1) is 18.4. The minimum atomic E-state index is -0.105. The van der Waals surface area contributed by atoms with Crippen molar-refractivity contribution in [3.8, 4) is 5.75 Å². The molecule has 4 aliphatic rings. The minimum absolute atomic E-state index is 0.0192. The molecule has 1 aromatic carbocycles. The Bertz CT molecular complexity index is 764. The molecule has 0 aromatic heterocycles. The van der Waals surface area contributed by atoms with E-state index in [0.717, 1.165) is 18.7 Å². The third-order valence-corrected chi connectivity index (χ3v) is 8.05. The third kappa shape index (κ3) is 2.55. The van der Waals surface area contributed by atoms with Crippen molar-refractivity contribution in [3.63, 3.8) is 0 Å². The van der Waals surface area contributed by atoms with Crippen LogP contribution in [0.2, 0.25) is 0 Å². The maximum atomic E-state index is 12.7. The van der Waals surface area contributed by atoms with Crippen LogP contribution < -0.4 is 10.1 Å². The van der Waals surface area contributed by atoms with E-state index in [9.17, 15) is 4.79 Å². The lowest BCUT2D eigenvalue weighted by molar-refractivity contribution is -0.146. The van der Waals surface area contributed by atoms with E-state index in [2.05, 4.69) is 31.3 Å². The highest BCUT2D eigenvalue weighted by atomic mass is 16.6. The Kier molecular flexibility index (Phi) is 4.25. The van der Waals surface area contributed by atoms with E-state index in [-0.39, 0.29) is 41.0 Å². The minimum Gasteiger partial charge on any atom is -0.497 e. The van der Waals surface area contributed by atoms with Crippen molar-refractivity contribution >= 4 is 5.97 Å². The van der Waals surface area contributed by atoms with Crippen LogP contribution in [0.4, 0.5) is 0 Å². The monoisotopic (exact) mass is 385 g/mol. The van der Waals surface area contributed by atoms with Crippen LogP contribution >= 0.6 is 0 Å². The molecule has 0 radical (unpaired) electrons. The van der Waals surface area contributed by atoms with Gasteiger partial charge in [0, 0.05) is 24.4 Å². The number of hydrogen-bond acceptors (Lipinski definition) is 5. The molecule has 2 aliphatic heterocycles. The Morgan fingerprint density at radius 3 is 2.82 bits per heavy atom. The van der Waals surface area contributed by atoms with Crippen LogP contribution in [0.1, 0.15) is 45.1 Å². The van der Waals surface area contributed by atoms with E-state index in [1.807, 2.05) is 12.1 Å². The lowest BCUT2D eigenvalue weighted by Crippen LogP contribution is -2.54. The van der Waals surface area contributed by atoms with Crippen molar-refractivity contribution < 1.29 is 19.0 Å². The van der Waals surface area contributed by atoms with Gasteiger partial charge in [-0.05, 0) is 42.9 Å². The SMILES string of the molecule is COc1ccc(CNCC2C(=O)O[C@@H]3C[C@@]4(C)CCC[C@H](C)[C@@]45O[C@H]5[C@H]23)cc1. The standard InChI is InChI=1S/C23H31NO4/c1-14-5-4-10-22(2)11-18-19(20-23(14,22)28-20)17(21(25)27-18)13-24-12-15-6-8-16(26-3)9-7-15/h6-9,14,17-20,24H,4-5,10-13H2,1-3H3/t14-,17?,18+,19+,20-,22+,23-/m0/s1. The molecule has 4 fully saturated rings. The predicted octanol–water partition coefficient (Wildman–Crippen LogP) is 3.31. The lowest BCUT2D eigenvalue weighted by atomic mass is 9.53. The first-order valence-electron chi connectivity index (χ1n) is 10.7. The number of carbonyl (C=O) groups is 1. The third-order valence-electron chi connectivity index (χ3n) is 8.05. The van der Waals surface area contributed by atoms with Gasteiger partial charge < -0.3 is 19.5 Å². The fraction of sp³-hybridized carbons (Fsp3) is 0.696. The number of fused-ring (bicyclic) bond motifs is 2. The molecule has 152 valence electrons. The smallest absolute Gasteiger partial charge is 0.311 e. The zero-order chi connectivity index (χ0) is 19.5. The Morgan fingerprint density at radius 1 is 1.29 bits per heavy atom. The number of rotatable bonds is 5. The van der Waals surface area contributed by atoms with Crippen LogP contribution in [0, 0.1) is 23.2 Å². The summed E-state index contributed by atoms with van der Waals surface area (Å²) in [7, 11) is 1.67. The van der Waals surface area contributed by atoms with Gasteiger partial charge in [-0.3, -0.25) is 4.79 Å².